The van der Waals surface area contributed by atoms with Crippen molar-refractivity contribution in [2.45, 2.75) is 13.8 Å². The van der Waals surface area contributed by atoms with Crippen molar-refractivity contribution in [3.05, 3.63) is 53.6 Å². The first-order chi connectivity index (χ1) is 11.2. The molecule has 0 aliphatic heterocycles. The molecule has 0 fully saturated rings. The Kier molecular flexibility index (Phi) is 4.57. The SMILES string of the molecule is CCN(CC)C(=O)c1sc(-c2ccco2)nc1-c1ccccc1. The second-order valence-corrected chi connectivity index (χ2v) is 6.02. The van der Waals surface area contributed by atoms with E-state index in [0.29, 0.717) is 23.7 Å². The topological polar surface area (TPSA) is 46.3 Å². The first-order valence-electron chi connectivity index (χ1n) is 7.64. The first-order valence-corrected chi connectivity index (χ1v) is 8.45. The van der Waals surface area contributed by atoms with Gasteiger partial charge in [0.15, 0.2) is 10.8 Å². The molecule has 0 N–H and O–H groups in total. The van der Waals surface area contributed by atoms with Crippen molar-refractivity contribution in [1.29, 1.82) is 0 Å². The van der Waals surface area contributed by atoms with Crippen LogP contribution in [0.2, 0.25) is 0 Å². The minimum atomic E-state index is 0.0177. The molecule has 1 aromatic carbocycles. The molecule has 5 heteroatoms. The molecule has 0 aliphatic rings. The third kappa shape index (κ3) is 3.05. The number of aromatic nitrogens is 1. The molecular weight excluding hydrogens is 308 g/mol. The van der Waals surface area contributed by atoms with Crippen LogP contribution in [-0.2, 0) is 0 Å². The van der Waals surface area contributed by atoms with Gasteiger partial charge in [0.1, 0.15) is 4.88 Å². The summed E-state index contributed by atoms with van der Waals surface area (Å²) in [6.07, 6.45) is 1.62. The lowest BCUT2D eigenvalue weighted by molar-refractivity contribution is 0.0778. The average molecular weight is 326 g/mol. The maximum absolute atomic E-state index is 12.8. The molecule has 0 saturated heterocycles. The molecular formula is C18H18N2O2S. The number of rotatable bonds is 5. The van der Waals surface area contributed by atoms with Crippen LogP contribution in [-0.4, -0.2) is 28.9 Å². The van der Waals surface area contributed by atoms with Crippen molar-refractivity contribution in [1.82, 2.24) is 9.88 Å². The van der Waals surface area contributed by atoms with E-state index in [-0.39, 0.29) is 5.91 Å². The van der Waals surface area contributed by atoms with Crippen molar-refractivity contribution >= 4 is 17.2 Å². The number of carbonyl (C=O) groups is 1. The van der Waals surface area contributed by atoms with Gasteiger partial charge in [-0.15, -0.1) is 11.3 Å². The van der Waals surface area contributed by atoms with Crippen molar-refractivity contribution in [3.63, 3.8) is 0 Å². The zero-order valence-corrected chi connectivity index (χ0v) is 14.0. The summed E-state index contributed by atoms with van der Waals surface area (Å²) in [6.45, 7) is 5.32. The highest BCUT2D eigenvalue weighted by molar-refractivity contribution is 7.17. The number of furan rings is 1. The fraction of sp³-hybridized carbons (Fsp3) is 0.222. The molecule has 4 nitrogen and oxygen atoms in total. The normalized spacial score (nSPS) is 10.7. The van der Waals surface area contributed by atoms with Gasteiger partial charge in [0, 0.05) is 18.7 Å². The lowest BCUT2D eigenvalue weighted by Gasteiger charge is -2.18. The van der Waals surface area contributed by atoms with Crippen LogP contribution in [0.3, 0.4) is 0 Å². The second-order valence-electron chi connectivity index (χ2n) is 5.02. The third-order valence-electron chi connectivity index (χ3n) is 3.65. The molecule has 0 spiro atoms. The van der Waals surface area contributed by atoms with Gasteiger partial charge in [-0.05, 0) is 26.0 Å². The molecule has 0 atom stereocenters. The molecule has 0 saturated carbocycles. The number of carbonyl (C=O) groups excluding carboxylic acids is 1. The van der Waals surface area contributed by atoms with Gasteiger partial charge in [0.25, 0.3) is 5.91 Å². The summed E-state index contributed by atoms with van der Waals surface area (Å²) in [7, 11) is 0. The van der Waals surface area contributed by atoms with Crippen LogP contribution in [0.15, 0.2) is 53.1 Å². The smallest absolute Gasteiger partial charge is 0.266 e. The van der Waals surface area contributed by atoms with E-state index in [2.05, 4.69) is 4.98 Å². The summed E-state index contributed by atoms with van der Waals surface area (Å²) in [5, 5.41) is 0.726. The van der Waals surface area contributed by atoms with Crippen LogP contribution in [0.1, 0.15) is 23.5 Å². The van der Waals surface area contributed by atoms with E-state index in [1.807, 2.05) is 61.2 Å². The molecule has 0 unspecified atom stereocenters. The van der Waals surface area contributed by atoms with Gasteiger partial charge in [-0.25, -0.2) is 4.98 Å². The molecule has 0 aliphatic carbocycles. The number of hydrogen-bond donors (Lipinski definition) is 0. The molecule has 2 heterocycles. The Morgan fingerprint density at radius 2 is 1.87 bits per heavy atom. The van der Waals surface area contributed by atoms with Gasteiger partial charge in [0.05, 0.1) is 12.0 Å². The van der Waals surface area contributed by atoms with Crippen molar-refractivity contribution in [2.75, 3.05) is 13.1 Å². The minimum absolute atomic E-state index is 0.0177. The zero-order chi connectivity index (χ0) is 16.2. The van der Waals surface area contributed by atoms with Crippen LogP contribution in [0.5, 0.6) is 0 Å². The second kappa shape index (κ2) is 6.79. The van der Waals surface area contributed by atoms with E-state index in [4.69, 9.17) is 4.42 Å². The maximum Gasteiger partial charge on any atom is 0.266 e. The lowest BCUT2D eigenvalue weighted by Crippen LogP contribution is -2.30. The van der Waals surface area contributed by atoms with Crippen molar-refractivity contribution < 1.29 is 9.21 Å². The third-order valence-corrected chi connectivity index (χ3v) is 4.71. The minimum Gasteiger partial charge on any atom is -0.462 e. The largest absolute Gasteiger partial charge is 0.462 e. The van der Waals surface area contributed by atoms with Crippen LogP contribution in [0, 0.1) is 0 Å². The van der Waals surface area contributed by atoms with Crippen molar-refractivity contribution in [3.8, 4) is 22.0 Å². The van der Waals surface area contributed by atoms with E-state index >= 15 is 0 Å². The van der Waals surface area contributed by atoms with Crippen molar-refractivity contribution in [2.24, 2.45) is 0 Å². The summed E-state index contributed by atoms with van der Waals surface area (Å²) < 4.78 is 5.44. The van der Waals surface area contributed by atoms with E-state index in [0.717, 1.165) is 16.3 Å². The molecule has 118 valence electrons. The molecule has 3 rings (SSSR count). The highest BCUT2D eigenvalue weighted by atomic mass is 32.1. The summed E-state index contributed by atoms with van der Waals surface area (Å²) in [5.41, 5.74) is 1.66. The molecule has 2 aromatic heterocycles. The molecule has 3 aromatic rings. The Balaban J connectivity index is 2.11. The van der Waals surface area contributed by atoms with Gasteiger partial charge in [-0.3, -0.25) is 4.79 Å². The quantitative estimate of drug-likeness (QED) is 0.691. The molecule has 23 heavy (non-hydrogen) atoms. The number of hydrogen-bond acceptors (Lipinski definition) is 4. The molecule has 0 bridgehead atoms. The Morgan fingerprint density at radius 1 is 1.13 bits per heavy atom. The van der Waals surface area contributed by atoms with Gasteiger partial charge in [0.2, 0.25) is 0 Å². The van der Waals surface area contributed by atoms with Gasteiger partial charge in [-0.1, -0.05) is 30.3 Å². The summed E-state index contributed by atoms with van der Waals surface area (Å²) in [6, 6.07) is 13.5. The van der Waals surface area contributed by atoms with Crippen LogP contribution >= 0.6 is 11.3 Å². The van der Waals surface area contributed by atoms with E-state index in [9.17, 15) is 4.79 Å². The fourth-order valence-electron chi connectivity index (χ4n) is 2.42. The average Bonchev–Trinajstić information content (AvgIpc) is 3.26. The Hall–Kier alpha value is -2.40. The Labute approximate surface area is 139 Å². The van der Waals surface area contributed by atoms with Crippen LogP contribution < -0.4 is 0 Å². The molecule has 1 amide bonds. The number of benzene rings is 1. The lowest BCUT2D eigenvalue weighted by atomic mass is 10.1. The Morgan fingerprint density at radius 3 is 2.48 bits per heavy atom. The monoisotopic (exact) mass is 326 g/mol. The summed E-state index contributed by atoms with van der Waals surface area (Å²) >= 11 is 1.38. The predicted molar refractivity (Wildman–Crippen MR) is 92.5 cm³/mol. The number of amides is 1. The van der Waals surface area contributed by atoms with E-state index in [1.54, 1.807) is 6.26 Å². The summed E-state index contributed by atoms with van der Waals surface area (Å²) in [4.78, 5) is 20.0. The van der Waals surface area contributed by atoms with Gasteiger partial charge >= 0.3 is 0 Å². The van der Waals surface area contributed by atoms with Crippen LogP contribution in [0.4, 0.5) is 0 Å². The first kappa shape index (κ1) is 15.5. The Bertz CT molecular complexity index is 775. The fourth-order valence-corrected chi connectivity index (χ4v) is 3.44. The molecule has 0 radical (unpaired) electrons. The number of thiazole rings is 1. The van der Waals surface area contributed by atoms with Gasteiger partial charge in [-0.2, -0.15) is 0 Å². The standard InChI is InChI=1S/C18H18N2O2S/c1-3-20(4-2)18(21)16-15(13-9-6-5-7-10-13)19-17(23-16)14-11-8-12-22-14/h5-12H,3-4H2,1-2H3. The highest BCUT2D eigenvalue weighted by Crippen LogP contribution is 2.34. The number of nitrogens with zero attached hydrogens (tertiary/aromatic N) is 2. The zero-order valence-electron chi connectivity index (χ0n) is 13.2. The van der Waals surface area contributed by atoms with E-state index < -0.39 is 0 Å². The van der Waals surface area contributed by atoms with Gasteiger partial charge < -0.3 is 9.32 Å². The van der Waals surface area contributed by atoms with E-state index in [1.165, 1.54) is 11.3 Å². The predicted octanol–water partition coefficient (Wildman–Crippen LogP) is 4.55. The summed E-state index contributed by atoms with van der Waals surface area (Å²) in [5.74, 6) is 0.704. The maximum atomic E-state index is 12.8. The van der Waals surface area contributed by atoms with Crippen LogP contribution in [0.25, 0.3) is 22.0 Å². The highest BCUT2D eigenvalue weighted by Gasteiger charge is 2.23.